The van der Waals surface area contributed by atoms with E-state index in [0.29, 0.717) is 83.7 Å². The minimum absolute atomic E-state index is 0.0818. The molecule has 4 heterocycles. The maximum atomic E-state index is 11.5. The third-order valence-electron chi connectivity index (χ3n) is 8.35. The summed E-state index contributed by atoms with van der Waals surface area (Å²) >= 11 is 14.1. The number of hydrogen-bond acceptors (Lipinski definition) is 10. The summed E-state index contributed by atoms with van der Waals surface area (Å²) in [6.45, 7) is 2.31. The average Bonchev–Trinajstić information content (AvgIpc) is 3.70. The van der Waals surface area contributed by atoms with Gasteiger partial charge in [0.25, 0.3) is 0 Å². The van der Waals surface area contributed by atoms with Gasteiger partial charge in [-0.3, -0.25) is 9.78 Å². The standard InChI is InChI=1S/C34H36Cl2N6O5/c1-45-33-19(13-38-28-17-47-18-29(28)43)9-11-25(41-33)23-7-3-5-21(31(23)35)22-6-4-8-24(32(22)36)26-16-39-27(34(42-26)46-2)15-37-14-20-10-12-30(44)40-20/h3-9,11,16,20,28-29,37-38,43H,10,12-15,17-18H2,1-2H3,(H,40,44)/t20-,28+,29+/m0/s1. The van der Waals surface area contributed by atoms with Crippen molar-refractivity contribution in [3.8, 4) is 45.4 Å². The number of benzene rings is 2. The Morgan fingerprint density at radius 2 is 1.60 bits per heavy atom. The number of hydrogen-bond donors (Lipinski definition) is 4. The van der Waals surface area contributed by atoms with E-state index in [1.807, 2.05) is 48.5 Å². The van der Waals surface area contributed by atoms with Crippen molar-refractivity contribution < 1.29 is 24.1 Å². The Morgan fingerprint density at radius 1 is 0.915 bits per heavy atom. The van der Waals surface area contributed by atoms with Crippen molar-refractivity contribution in [2.24, 2.45) is 0 Å². The molecule has 0 radical (unpaired) electrons. The van der Waals surface area contributed by atoms with Gasteiger partial charge in [0, 0.05) is 59.9 Å². The summed E-state index contributed by atoms with van der Waals surface area (Å²) < 4.78 is 16.5. The van der Waals surface area contributed by atoms with Gasteiger partial charge in [-0.05, 0) is 12.5 Å². The van der Waals surface area contributed by atoms with Crippen LogP contribution in [0.5, 0.6) is 11.8 Å². The number of ether oxygens (including phenoxy) is 3. The fourth-order valence-electron chi connectivity index (χ4n) is 5.79. The average molecular weight is 680 g/mol. The zero-order valence-corrected chi connectivity index (χ0v) is 27.6. The SMILES string of the molecule is COc1nc(-c2cccc(-c3cccc(-c4cnc(CNC[C@@H]5CCC(=O)N5)c(OC)n4)c3Cl)c2Cl)ccc1CN[C@@H]1COC[C@H]1O. The van der Waals surface area contributed by atoms with Crippen LogP contribution < -0.4 is 25.4 Å². The van der Waals surface area contributed by atoms with Crippen LogP contribution in [-0.2, 0) is 22.6 Å². The monoisotopic (exact) mass is 678 g/mol. The normalized spacial score (nSPS) is 19.2. The molecule has 0 bridgehead atoms. The maximum Gasteiger partial charge on any atom is 0.237 e. The molecule has 3 atom stereocenters. The molecule has 4 N–H and O–H groups in total. The van der Waals surface area contributed by atoms with E-state index in [2.05, 4.69) is 20.9 Å². The third kappa shape index (κ3) is 7.35. The number of pyridine rings is 1. The van der Waals surface area contributed by atoms with Crippen LogP contribution in [0.3, 0.4) is 0 Å². The first-order valence-corrected chi connectivity index (χ1v) is 16.1. The van der Waals surface area contributed by atoms with Gasteiger partial charge < -0.3 is 35.3 Å². The first-order chi connectivity index (χ1) is 22.9. The Kier molecular flexibility index (Phi) is 10.5. The predicted octanol–water partition coefficient (Wildman–Crippen LogP) is 4.41. The van der Waals surface area contributed by atoms with Crippen molar-refractivity contribution in [1.82, 2.24) is 30.9 Å². The molecule has 2 aliphatic rings. The van der Waals surface area contributed by atoms with Crippen molar-refractivity contribution in [2.45, 2.75) is 44.1 Å². The summed E-state index contributed by atoms with van der Waals surface area (Å²) in [5.74, 6) is 0.929. The van der Waals surface area contributed by atoms with Crippen LogP contribution in [-0.4, -0.2) is 78.1 Å². The lowest BCUT2D eigenvalue weighted by Gasteiger charge is -2.17. The zero-order valence-electron chi connectivity index (χ0n) is 26.1. The molecule has 0 saturated carbocycles. The molecule has 1 amide bonds. The Bertz CT molecular complexity index is 1760. The van der Waals surface area contributed by atoms with E-state index < -0.39 is 6.10 Å². The summed E-state index contributed by atoms with van der Waals surface area (Å²) in [7, 11) is 3.13. The second-order valence-electron chi connectivity index (χ2n) is 11.4. The number of amides is 1. The number of aliphatic hydroxyl groups is 1. The molecule has 2 saturated heterocycles. The Hall–Kier alpha value is -3.84. The van der Waals surface area contributed by atoms with E-state index in [-0.39, 0.29) is 18.0 Å². The molecule has 47 heavy (non-hydrogen) atoms. The smallest absolute Gasteiger partial charge is 0.237 e. The Balaban J connectivity index is 1.23. The molecule has 13 heteroatoms. The highest BCUT2D eigenvalue weighted by Crippen LogP contribution is 2.42. The molecule has 246 valence electrons. The van der Waals surface area contributed by atoms with Gasteiger partial charge in [-0.2, -0.15) is 0 Å². The summed E-state index contributed by atoms with van der Waals surface area (Å²) in [5.41, 5.74) is 5.56. The van der Waals surface area contributed by atoms with E-state index in [0.717, 1.165) is 28.7 Å². The number of aromatic nitrogens is 3. The minimum Gasteiger partial charge on any atom is -0.481 e. The molecule has 2 aromatic carbocycles. The highest BCUT2D eigenvalue weighted by atomic mass is 35.5. The van der Waals surface area contributed by atoms with E-state index in [9.17, 15) is 9.90 Å². The number of carbonyl (C=O) groups is 1. The number of aliphatic hydroxyl groups excluding tert-OH is 1. The lowest BCUT2D eigenvalue weighted by atomic mass is 9.98. The van der Waals surface area contributed by atoms with Crippen LogP contribution >= 0.6 is 23.2 Å². The van der Waals surface area contributed by atoms with E-state index in [4.69, 9.17) is 47.4 Å². The van der Waals surface area contributed by atoms with Crippen LogP contribution in [0.15, 0.2) is 54.7 Å². The topological polar surface area (TPSA) is 140 Å². The fourth-order valence-corrected chi connectivity index (χ4v) is 6.44. The van der Waals surface area contributed by atoms with E-state index in [1.165, 1.54) is 0 Å². The molecule has 2 aliphatic heterocycles. The summed E-state index contributed by atoms with van der Waals surface area (Å²) in [6.07, 6.45) is 2.50. The van der Waals surface area contributed by atoms with Gasteiger partial charge in [0.2, 0.25) is 17.7 Å². The number of nitrogens with one attached hydrogen (secondary N) is 3. The molecular formula is C34H36Cl2N6O5. The van der Waals surface area contributed by atoms with Gasteiger partial charge in [-0.25, -0.2) is 9.97 Å². The summed E-state index contributed by atoms with van der Waals surface area (Å²) in [4.78, 5) is 25.6. The molecule has 0 aliphatic carbocycles. The second-order valence-corrected chi connectivity index (χ2v) is 12.2. The van der Waals surface area contributed by atoms with Crippen LogP contribution in [0.1, 0.15) is 24.1 Å². The molecule has 6 rings (SSSR count). The van der Waals surface area contributed by atoms with Crippen molar-refractivity contribution in [2.75, 3.05) is 34.0 Å². The quantitative estimate of drug-likeness (QED) is 0.170. The number of rotatable bonds is 12. The van der Waals surface area contributed by atoms with Crippen LogP contribution in [0.25, 0.3) is 33.6 Å². The predicted molar refractivity (Wildman–Crippen MR) is 180 cm³/mol. The summed E-state index contributed by atoms with van der Waals surface area (Å²) in [6, 6.07) is 15.2. The highest BCUT2D eigenvalue weighted by Gasteiger charge is 2.26. The molecule has 0 spiro atoms. The van der Waals surface area contributed by atoms with Crippen molar-refractivity contribution in [3.05, 3.63) is 76.0 Å². The second kappa shape index (κ2) is 14.9. The minimum atomic E-state index is -0.547. The van der Waals surface area contributed by atoms with Gasteiger partial charge >= 0.3 is 0 Å². The van der Waals surface area contributed by atoms with Crippen LogP contribution in [0.2, 0.25) is 10.0 Å². The van der Waals surface area contributed by atoms with Gasteiger partial charge in [0.1, 0.15) is 5.69 Å². The van der Waals surface area contributed by atoms with Crippen molar-refractivity contribution in [1.29, 1.82) is 0 Å². The summed E-state index contributed by atoms with van der Waals surface area (Å²) in [5, 5.41) is 20.6. The highest BCUT2D eigenvalue weighted by molar-refractivity contribution is 6.39. The van der Waals surface area contributed by atoms with E-state index in [1.54, 1.807) is 20.4 Å². The van der Waals surface area contributed by atoms with Gasteiger partial charge in [-0.1, -0.05) is 65.7 Å². The Morgan fingerprint density at radius 3 is 2.23 bits per heavy atom. The van der Waals surface area contributed by atoms with Gasteiger partial charge in [0.15, 0.2) is 0 Å². The maximum absolute atomic E-state index is 11.5. The molecule has 4 aromatic rings. The first kappa shape index (κ1) is 33.1. The first-order valence-electron chi connectivity index (χ1n) is 15.4. The molecule has 11 nitrogen and oxygen atoms in total. The lowest BCUT2D eigenvalue weighted by Crippen LogP contribution is -2.38. The number of halogens is 2. The number of methoxy groups -OCH3 is 2. The van der Waals surface area contributed by atoms with Gasteiger partial charge in [0.05, 0.1) is 67.2 Å². The third-order valence-corrected chi connectivity index (χ3v) is 9.16. The number of carbonyl (C=O) groups excluding carboxylic acids is 1. The lowest BCUT2D eigenvalue weighted by molar-refractivity contribution is -0.119. The van der Waals surface area contributed by atoms with Crippen molar-refractivity contribution >= 4 is 29.1 Å². The molecule has 2 fully saturated rings. The van der Waals surface area contributed by atoms with Crippen molar-refractivity contribution in [3.63, 3.8) is 0 Å². The number of nitrogens with zero attached hydrogens (tertiary/aromatic N) is 3. The molecule has 0 unspecified atom stereocenters. The Labute approximate surface area is 283 Å². The van der Waals surface area contributed by atoms with Gasteiger partial charge in [-0.15, -0.1) is 0 Å². The van der Waals surface area contributed by atoms with E-state index >= 15 is 0 Å². The van der Waals surface area contributed by atoms with Crippen LogP contribution in [0, 0.1) is 0 Å². The fraction of sp³-hybridized carbons (Fsp3) is 0.353. The molecule has 2 aromatic heterocycles. The van der Waals surface area contributed by atoms with Crippen LogP contribution in [0.4, 0.5) is 0 Å². The largest absolute Gasteiger partial charge is 0.481 e. The zero-order chi connectivity index (χ0) is 32.9. The molecular weight excluding hydrogens is 643 g/mol.